The predicted molar refractivity (Wildman–Crippen MR) is 104 cm³/mol. The molecule has 3 N–H and O–H groups in total. The molecule has 2 aromatic carbocycles. The number of anilines is 3. The third kappa shape index (κ3) is 5.18. The van der Waals surface area contributed by atoms with Crippen LogP contribution in [0.15, 0.2) is 60.8 Å². The van der Waals surface area contributed by atoms with Gasteiger partial charge >= 0.3 is 5.97 Å². The normalized spacial score (nSPS) is 10.3. The Kier molecular flexibility index (Phi) is 5.84. The number of hydrogen-bond donors (Lipinski definition) is 3. The molecular weight excluding hydrogens is 344 g/mol. The number of ether oxygens (including phenoxy) is 1. The van der Waals surface area contributed by atoms with Gasteiger partial charge in [0.05, 0.1) is 12.7 Å². The molecule has 3 aromatic rings. The molecule has 0 aliphatic heterocycles. The van der Waals surface area contributed by atoms with E-state index in [9.17, 15) is 4.79 Å². The monoisotopic (exact) mass is 364 g/mol. The molecule has 0 atom stereocenters. The third-order valence-corrected chi connectivity index (χ3v) is 3.92. The quantitative estimate of drug-likeness (QED) is 0.562. The summed E-state index contributed by atoms with van der Waals surface area (Å²) in [4.78, 5) is 19.5. The maximum atomic E-state index is 10.9. The van der Waals surface area contributed by atoms with Crippen molar-refractivity contribution in [3.8, 4) is 5.75 Å². The van der Waals surface area contributed by atoms with Crippen LogP contribution in [0.4, 0.5) is 17.5 Å². The van der Waals surface area contributed by atoms with Gasteiger partial charge in [0, 0.05) is 18.4 Å². The number of aromatic nitrogens is 2. The van der Waals surface area contributed by atoms with Gasteiger partial charge in [0.25, 0.3) is 0 Å². The molecule has 1 aromatic heterocycles. The lowest BCUT2D eigenvalue weighted by Crippen LogP contribution is -2.08. The molecule has 0 spiro atoms. The summed E-state index contributed by atoms with van der Waals surface area (Å²) in [5.74, 6) is 1.04. The van der Waals surface area contributed by atoms with Gasteiger partial charge in [0.1, 0.15) is 11.6 Å². The van der Waals surface area contributed by atoms with Gasteiger partial charge in [0.2, 0.25) is 5.95 Å². The van der Waals surface area contributed by atoms with Crippen LogP contribution >= 0.6 is 0 Å². The average Bonchev–Trinajstić information content (AvgIpc) is 2.69. The van der Waals surface area contributed by atoms with E-state index in [1.54, 1.807) is 43.6 Å². The second-order valence-electron chi connectivity index (χ2n) is 5.80. The van der Waals surface area contributed by atoms with Gasteiger partial charge in [-0.15, -0.1) is 0 Å². The van der Waals surface area contributed by atoms with Crippen molar-refractivity contribution in [3.63, 3.8) is 0 Å². The largest absolute Gasteiger partial charge is 0.497 e. The van der Waals surface area contributed by atoms with Gasteiger partial charge in [-0.25, -0.2) is 9.78 Å². The summed E-state index contributed by atoms with van der Waals surface area (Å²) in [5, 5.41) is 15.3. The third-order valence-electron chi connectivity index (χ3n) is 3.92. The topological polar surface area (TPSA) is 96.4 Å². The number of carbonyl (C=O) groups is 1. The maximum absolute atomic E-state index is 10.9. The highest BCUT2D eigenvalue weighted by molar-refractivity contribution is 5.88. The van der Waals surface area contributed by atoms with Gasteiger partial charge in [-0.3, -0.25) is 0 Å². The molecular formula is C20H20N4O3. The van der Waals surface area contributed by atoms with Crippen LogP contribution < -0.4 is 15.4 Å². The molecule has 0 amide bonds. The molecule has 1 heterocycles. The van der Waals surface area contributed by atoms with E-state index in [4.69, 9.17) is 9.84 Å². The number of benzene rings is 2. The number of aromatic carboxylic acids is 1. The minimum atomic E-state index is -0.952. The molecule has 0 unspecified atom stereocenters. The first-order valence-corrected chi connectivity index (χ1v) is 8.44. The molecule has 27 heavy (non-hydrogen) atoms. The summed E-state index contributed by atoms with van der Waals surface area (Å²) >= 11 is 0. The van der Waals surface area contributed by atoms with Crippen LogP contribution in [0.25, 0.3) is 0 Å². The Morgan fingerprint density at radius 1 is 1.07 bits per heavy atom. The van der Waals surface area contributed by atoms with Gasteiger partial charge < -0.3 is 20.5 Å². The van der Waals surface area contributed by atoms with Crippen LogP contribution in [-0.2, 0) is 6.42 Å². The highest BCUT2D eigenvalue weighted by Gasteiger charge is 2.03. The van der Waals surface area contributed by atoms with E-state index in [1.807, 2.05) is 24.3 Å². The zero-order chi connectivity index (χ0) is 19.1. The minimum absolute atomic E-state index is 0.240. The number of carboxylic acid groups (broad SMARTS) is 1. The van der Waals surface area contributed by atoms with Gasteiger partial charge in [0.15, 0.2) is 0 Å². The Morgan fingerprint density at radius 3 is 2.48 bits per heavy atom. The molecule has 0 aliphatic carbocycles. The molecule has 0 saturated heterocycles. The molecule has 0 radical (unpaired) electrons. The Morgan fingerprint density at radius 2 is 1.81 bits per heavy atom. The van der Waals surface area contributed by atoms with E-state index in [2.05, 4.69) is 20.6 Å². The number of methoxy groups -OCH3 is 1. The zero-order valence-electron chi connectivity index (χ0n) is 14.8. The first kappa shape index (κ1) is 18.2. The minimum Gasteiger partial charge on any atom is -0.497 e. The Bertz CT molecular complexity index is 896. The van der Waals surface area contributed by atoms with Crippen molar-refractivity contribution in [1.29, 1.82) is 0 Å². The molecule has 7 nitrogen and oxygen atoms in total. The van der Waals surface area contributed by atoms with E-state index in [1.165, 1.54) is 5.56 Å². The van der Waals surface area contributed by atoms with Crippen LogP contribution in [0.5, 0.6) is 5.75 Å². The summed E-state index contributed by atoms with van der Waals surface area (Å²) in [7, 11) is 1.65. The van der Waals surface area contributed by atoms with Crippen LogP contribution in [0, 0.1) is 0 Å². The lowest BCUT2D eigenvalue weighted by atomic mass is 10.1. The fourth-order valence-electron chi connectivity index (χ4n) is 2.47. The highest BCUT2D eigenvalue weighted by Crippen LogP contribution is 2.16. The number of hydrogen-bond acceptors (Lipinski definition) is 6. The van der Waals surface area contributed by atoms with Crippen LogP contribution in [0.2, 0.25) is 0 Å². The van der Waals surface area contributed by atoms with E-state index >= 15 is 0 Å². The van der Waals surface area contributed by atoms with Crippen molar-refractivity contribution in [1.82, 2.24) is 9.97 Å². The summed E-state index contributed by atoms with van der Waals surface area (Å²) in [6, 6.07) is 16.2. The van der Waals surface area contributed by atoms with Crippen molar-refractivity contribution < 1.29 is 14.6 Å². The molecule has 0 bridgehead atoms. The van der Waals surface area contributed by atoms with E-state index in [0.29, 0.717) is 18.3 Å². The SMILES string of the molecule is COc1ccc(CCNc2nccc(Nc3ccc(C(=O)O)cc3)n2)cc1. The van der Waals surface area contributed by atoms with E-state index < -0.39 is 5.97 Å². The number of nitrogens with one attached hydrogen (secondary N) is 2. The van der Waals surface area contributed by atoms with Crippen molar-refractivity contribution in [2.24, 2.45) is 0 Å². The smallest absolute Gasteiger partial charge is 0.335 e. The summed E-state index contributed by atoms with van der Waals surface area (Å²) < 4.78 is 5.15. The molecule has 3 rings (SSSR count). The van der Waals surface area contributed by atoms with Crippen LogP contribution in [0.1, 0.15) is 15.9 Å². The Balaban J connectivity index is 1.55. The first-order valence-electron chi connectivity index (χ1n) is 8.44. The molecule has 138 valence electrons. The van der Waals surface area contributed by atoms with E-state index in [-0.39, 0.29) is 5.56 Å². The Labute approximate surface area is 157 Å². The molecule has 0 saturated carbocycles. The summed E-state index contributed by atoms with van der Waals surface area (Å²) in [6.07, 6.45) is 2.50. The van der Waals surface area contributed by atoms with Crippen molar-refractivity contribution in [2.45, 2.75) is 6.42 Å². The summed E-state index contributed by atoms with van der Waals surface area (Å²) in [6.45, 7) is 0.698. The lowest BCUT2D eigenvalue weighted by Gasteiger charge is -2.09. The van der Waals surface area contributed by atoms with Gasteiger partial charge in [-0.05, 0) is 54.4 Å². The van der Waals surface area contributed by atoms with Gasteiger partial charge in [-0.2, -0.15) is 4.98 Å². The zero-order valence-corrected chi connectivity index (χ0v) is 14.8. The number of carboxylic acids is 1. The molecule has 0 aliphatic rings. The van der Waals surface area contributed by atoms with Gasteiger partial charge in [-0.1, -0.05) is 12.1 Å². The summed E-state index contributed by atoms with van der Waals surface area (Å²) in [5.41, 5.74) is 2.18. The number of rotatable bonds is 8. The van der Waals surface area contributed by atoms with Crippen LogP contribution in [0.3, 0.4) is 0 Å². The highest BCUT2D eigenvalue weighted by atomic mass is 16.5. The van der Waals surface area contributed by atoms with Crippen molar-refractivity contribution in [2.75, 3.05) is 24.3 Å². The fraction of sp³-hybridized carbons (Fsp3) is 0.150. The second-order valence-corrected chi connectivity index (χ2v) is 5.80. The maximum Gasteiger partial charge on any atom is 0.335 e. The Hall–Kier alpha value is -3.61. The average molecular weight is 364 g/mol. The molecule has 0 fully saturated rings. The predicted octanol–water partition coefficient (Wildman–Crippen LogP) is 3.58. The lowest BCUT2D eigenvalue weighted by molar-refractivity contribution is 0.0697. The van der Waals surface area contributed by atoms with Crippen molar-refractivity contribution >= 4 is 23.4 Å². The van der Waals surface area contributed by atoms with Crippen molar-refractivity contribution in [3.05, 3.63) is 71.9 Å². The standard InChI is InChI=1S/C20H20N4O3/c1-27-17-8-2-14(3-9-17)10-12-21-20-22-13-11-18(24-20)23-16-6-4-15(5-7-16)19(25)26/h2-9,11,13H,10,12H2,1H3,(H,25,26)(H2,21,22,23,24). The second kappa shape index (κ2) is 8.66. The molecule has 7 heteroatoms. The van der Waals surface area contributed by atoms with E-state index in [0.717, 1.165) is 17.9 Å². The number of nitrogens with zero attached hydrogens (tertiary/aromatic N) is 2. The van der Waals surface area contributed by atoms with Crippen LogP contribution in [-0.4, -0.2) is 34.7 Å². The first-order chi connectivity index (χ1) is 13.1. The fourth-order valence-corrected chi connectivity index (χ4v) is 2.47.